The maximum Gasteiger partial charge on any atom is 0.296 e. The molecule has 2 aromatic heterocycles. The van der Waals surface area contributed by atoms with Gasteiger partial charge in [-0.15, -0.1) is 0 Å². The number of halogens is 1. The first-order chi connectivity index (χ1) is 18.9. The van der Waals surface area contributed by atoms with Crippen LogP contribution in [-0.2, 0) is 12.5 Å². The van der Waals surface area contributed by atoms with Gasteiger partial charge in [0.1, 0.15) is 11.3 Å². The monoisotopic (exact) mass is 540 g/mol. The zero-order chi connectivity index (χ0) is 27.1. The summed E-state index contributed by atoms with van der Waals surface area (Å²) in [6, 6.07) is 23.1. The van der Waals surface area contributed by atoms with E-state index in [4.69, 9.17) is 16.3 Å². The van der Waals surface area contributed by atoms with E-state index < -0.39 is 0 Å². The fourth-order valence-electron chi connectivity index (χ4n) is 6.04. The lowest BCUT2D eigenvalue weighted by molar-refractivity contribution is 0.0938. The van der Waals surface area contributed by atoms with Crippen molar-refractivity contribution >= 4 is 39.3 Å². The van der Waals surface area contributed by atoms with Crippen LogP contribution in [0.15, 0.2) is 77.6 Å². The van der Waals surface area contributed by atoms with Gasteiger partial charge in [0, 0.05) is 35.3 Å². The zero-order valence-electron chi connectivity index (χ0n) is 21.9. The fourth-order valence-corrected chi connectivity index (χ4v) is 6.30. The highest BCUT2D eigenvalue weighted by Crippen LogP contribution is 2.40. The maximum atomic E-state index is 14.0. The molecule has 3 aromatic carbocycles. The van der Waals surface area contributed by atoms with Crippen LogP contribution in [0.3, 0.4) is 0 Å². The third kappa shape index (κ3) is 4.17. The molecule has 6 rings (SSSR count). The van der Waals surface area contributed by atoms with Gasteiger partial charge >= 0.3 is 0 Å². The van der Waals surface area contributed by atoms with Gasteiger partial charge in [-0.2, -0.15) is 9.78 Å². The van der Waals surface area contributed by atoms with E-state index >= 15 is 0 Å². The lowest BCUT2D eigenvalue weighted by Crippen LogP contribution is -2.40. The minimum atomic E-state index is -0.335. The molecule has 1 N–H and O–H groups in total. The lowest BCUT2D eigenvalue weighted by atomic mass is 9.79. The van der Waals surface area contributed by atoms with Gasteiger partial charge in [0.05, 0.1) is 17.8 Å². The normalized spacial score (nSPS) is 14.6. The van der Waals surface area contributed by atoms with Crippen molar-refractivity contribution < 1.29 is 9.53 Å². The van der Waals surface area contributed by atoms with E-state index in [1.165, 1.54) is 17.4 Å². The van der Waals surface area contributed by atoms with Crippen molar-refractivity contribution in [1.82, 2.24) is 19.7 Å². The van der Waals surface area contributed by atoms with Crippen LogP contribution in [-0.4, -0.2) is 33.9 Å². The molecule has 0 atom stereocenters. The number of hydrogen-bond donors (Lipinski definition) is 1. The molecule has 8 heteroatoms. The maximum absolute atomic E-state index is 14.0. The Morgan fingerprint density at radius 2 is 1.77 bits per heavy atom. The van der Waals surface area contributed by atoms with Crippen molar-refractivity contribution in [3.8, 4) is 11.4 Å². The average molecular weight is 541 g/mol. The predicted molar refractivity (Wildman–Crippen MR) is 154 cm³/mol. The van der Waals surface area contributed by atoms with Crippen LogP contribution >= 0.6 is 11.6 Å². The number of carbonyl (C=O) groups is 1. The summed E-state index contributed by atoms with van der Waals surface area (Å²) in [7, 11) is 3.36. The molecular formula is C31H29ClN4O3. The van der Waals surface area contributed by atoms with Gasteiger partial charge in [0.15, 0.2) is 5.69 Å². The minimum absolute atomic E-state index is 0.118. The third-order valence-electron chi connectivity index (χ3n) is 8.07. The number of fused-ring (bicyclic) bond motifs is 3. The molecule has 0 saturated heterocycles. The van der Waals surface area contributed by atoms with Crippen LogP contribution in [0.25, 0.3) is 27.5 Å². The fraction of sp³-hybridized carbons (Fsp3) is 0.258. The van der Waals surface area contributed by atoms with Crippen LogP contribution in [0, 0.1) is 0 Å². The van der Waals surface area contributed by atoms with Crippen molar-refractivity contribution in [3.63, 3.8) is 0 Å². The van der Waals surface area contributed by atoms with E-state index in [1.807, 2.05) is 54.1 Å². The Kier molecular flexibility index (Phi) is 6.39. The summed E-state index contributed by atoms with van der Waals surface area (Å²) in [5, 5.41) is 9.55. The predicted octanol–water partition coefficient (Wildman–Crippen LogP) is 5.78. The molecule has 5 aromatic rings. The number of aryl methyl sites for hydroxylation is 1. The first kappa shape index (κ1) is 25.2. The van der Waals surface area contributed by atoms with E-state index in [2.05, 4.69) is 22.5 Å². The van der Waals surface area contributed by atoms with Gasteiger partial charge in [-0.3, -0.25) is 9.59 Å². The molecule has 0 bridgehead atoms. The van der Waals surface area contributed by atoms with Gasteiger partial charge in [-0.05, 0) is 42.7 Å². The van der Waals surface area contributed by atoms with Gasteiger partial charge in [0.2, 0.25) is 0 Å². The molecule has 39 heavy (non-hydrogen) atoms. The minimum Gasteiger partial charge on any atom is -0.495 e. The number of rotatable bonds is 6. The molecule has 1 amide bonds. The van der Waals surface area contributed by atoms with Gasteiger partial charge < -0.3 is 14.6 Å². The molecule has 0 radical (unpaired) electrons. The number of carbonyl (C=O) groups excluding carboxylic acids is 1. The number of hydrogen-bond acceptors (Lipinski definition) is 4. The average Bonchev–Trinajstić information content (AvgIpc) is 3.57. The summed E-state index contributed by atoms with van der Waals surface area (Å²) in [6.45, 7) is 0.497. The van der Waals surface area contributed by atoms with Crippen LogP contribution in [0.4, 0.5) is 0 Å². The topological polar surface area (TPSA) is 78.2 Å². The quantitative estimate of drug-likeness (QED) is 0.296. The highest BCUT2D eigenvalue weighted by molar-refractivity contribution is 6.32. The number of nitrogens with one attached hydrogen (secondary N) is 1. The Morgan fingerprint density at radius 3 is 2.49 bits per heavy atom. The molecule has 2 heterocycles. The summed E-state index contributed by atoms with van der Waals surface area (Å²) in [6.07, 6.45) is 4.27. The number of benzene rings is 3. The number of aromatic nitrogens is 3. The van der Waals surface area contributed by atoms with Gasteiger partial charge in [0.25, 0.3) is 11.5 Å². The molecule has 0 unspecified atom stereocenters. The summed E-state index contributed by atoms with van der Waals surface area (Å²) in [5.41, 5.74) is 2.69. The molecule has 1 saturated carbocycles. The van der Waals surface area contributed by atoms with Crippen LogP contribution in [0.1, 0.15) is 41.7 Å². The number of ether oxygens (including phenoxy) is 1. The lowest BCUT2D eigenvalue weighted by Gasteiger charge is -2.30. The second-order valence-corrected chi connectivity index (χ2v) is 10.6. The summed E-state index contributed by atoms with van der Waals surface area (Å²) < 4.78 is 8.36. The number of amides is 1. The standard InChI is InChI=1S/C31H29ClN4O3/c1-35-24-13-7-6-12-22(24)26-27(29(37)33-19-31(16-8-9-17-31)20-10-4-3-5-11-20)34-36(30(38)28(26)35)21-14-15-25(39-2)23(32)18-21/h3-7,10-15,18H,8-9,16-17,19H2,1-2H3,(H,33,37). The molecule has 1 aliphatic carbocycles. The van der Waals surface area contributed by atoms with Crippen molar-refractivity contribution in [1.29, 1.82) is 0 Å². The summed E-state index contributed by atoms with van der Waals surface area (Å²) in [5.74, 6) is 0.173. The highest BCUT2D eigenvalue weighted by atomic mass is 35.5. The van der Waals surface area contributed by atoms with Gasteiger partial charge in [-0.1, -0.05) is 73.0 Å². The number of para-hydroxylation sites is 1. The molecule has 0 aliphatic heterocycles. The third-order valence-corrected chi connectivity index (χ3v) is 8.36. The second-order valence-electron chi connectivity index (χ2n) is 10.2. The SMILES string of the molecule is COc1ccc(-n2nc(C(=O)NCC3(c4ccccc4)CCCC3)c3c4ccccc4n(C)c3c2=O)cc1Cl. The first-order valence-corrected chi connectivity index (χ1v) is 13.5. The summed E-state index contributed by atoms with van der Waals surface area (Å²) in [4.78, 5) is 27.8. The van der Waals surface area contributed by atoms with E-state index in [9.17, 15) is 9.59 Å². The Bertz CT molecular complexity index is 1770. The zero-order valence-corrected chi connectivity index (χ0v) is 22.7. The van der Waals surface area contributed by atoms with E-state index in [-0.39, 0.29) is 22.6 Å². The van der Waals surface area contributed by atoms with Gasteiger partial charge in [-0.25, -0.2) is 0 Å². The van der Waals surface area contributed by atoms with Crippen molar-refractivity contribution in [2.45, 2.75) is 31.1 Å². The molecule has 1 aliphatic rings. The second kappa shape index (κ2) is 9.89. The molecule has 1 fully saturated rings. The molecular weight excluding hydrogens is 512 g/mol. The van der Waals surface area contributed by atoms with E-state index in [0.29, 0.717) is 33.9 Å². The molecule has 0 spiro atoms. The highest BCUT2D eigenvalue weighted by Gasteiger charge is 2.36. The largest absolute Gasteiger partial charge is 0.495 e. The van der Waals surface area contributed by atoms with Crippen LogP contribution in [0.2, 0.25) is 5.02 Å². The smallest absolute Gasteiger partial charge is 0.296 e. The Labute approximate surface area is 231 Å². The number of nitrogens with zero attached hydrogens (tertiary/aromatic N) is 3. The van der Waals surface area contributed by atoms with Crippen LogP contribution in [0.5, 0.6) is 5.75 Å². The van der Waals surface area contributed by atoms with Crippen molar-refractivity contribution in [2.75, 3.05) is 13.7 Å². The first-order valence-electron chi connectivity index (χ1n) is 13.1. The van der Waals surface area contributed by atoms with E-state index in [1.54, 1.807) is 18.2 Å². The Balaban J connectivity index is 1.50. The van der Waals surface area contributed by atoms with Crippen molar-refractivity contribution in [3.05, 3.63) is 99.4 Å². The number of methoxy groups -OCH3 is 1. The van der Waals surface area contributed by atoms with Crippen molar-refractivity contribution in [2.24, 2.45) is 7.05 Å². The van der Waals surface area contributed by atoms with E-state index in [0.717, 1.165) is 36.6 Å². The Hall–Kier alpha value is -4.10. The molecule has 198 valence electrons. The Morgan fingerprint density at radius 1 is 1.05 bits per heavy atom. The molecule has 7 nitrogen and oxygen atoms in total. The summed E-state index contributed by atoms with van der Waals surface area (Å²) >= 11 is 6.39. The van der Waals surface area contributed by atoms with Crippen LogP contribution < -0.4 is 15.6 Å².